The molecular weight excluding hydrogens is 506 g/mol. The van der Waals surface area contributed by atoms with Crippen molar-refractivity contribution in [2.24, 2.45) is 0 Å². The zero-order valence-electron chi connectivity index (χ0n) is 19.4. The number of aryl methyl sites for hydroxylation is 1. The van der Waals surface area contributed by atoms with E-state index in [1.54, 1.807) is 53.1 Å². The van der Waals surface area contributed by atoms with E-state index in [1.165, 1.54) is 18.2 Å². The first-order valence-electron chi connectivity index (χ1n) is 10.9. The highest BCUT2D eigenvalue weighted by atomic mass is 35.5. The average Bonchev–Trinajstić information content (AvgIpc) is 3.15. The standard InChI is InChI=1S/C25H24ClN3O4S2/c1-16(2)29-22-12-10-18(13-23(22)34-25(29)31)27-24(30)15-28(19-11-9-17(3)21(26)14-19)35(32,33)20-7-5-4-6-8-20/h4-14,16H,15H2,1-3H3,(H,27,30). The Balaban J connectivity index is 1.66. The Bertz CT molecular complexity index is 1560. The van der Waals surface area contributed by atoms with Gasteiger partial charge in [-0.2, -0.15) is 0 Å². The lowest BCUT2D eigenvalue weighted by Gasteiger charge is -2.24. The first-order chi connectivity index (χ1) is 16.6. The summed E-state index contributed by atoms with van der Waals surface area (Å²) >= 11 is 7.36. The van der Waals surface area contributed by atoms with Crippen molar-refractivity contribution in [2.75, 3.05) is 16.2 Å². The first-order valence-corrected chi connectivity index (χ1v) is 13.5. The van der Waals surface area contributed by atoms with Crippen LogP contribution in [0.5, 0.6) is 0 Å². The number of carbonyl (C=O) groups is 1. The molecule has 7 nitrogen and oxygen atoms in total. The number of amides is 1. The van der Waals surface area contributed by atoms with Crippen LogP contribution in [0.3, 0.4) is 0 Å². The van der Waals surface area contributed by atoms with Crippen molar-refractivity contribution >= 4 is 60.5 Å². The molecule has 0 unspecified atom stereocenters. The SMILES string of the molecule is Cc1ccc(N(CC(=O)Nc2ccc3c(c2)sc(=O)n3C(C)C)S(=O)(=O)c2ccccc2)cc1Cl. The van der Waals surface area contributed by atoms with Crippen molar-refractivity contribution < 1.29 is 13.2 Å². The maximum Gasteiger partial charge on any atom is 0.308 e. The number of rotatable bonds is 7. The van der Waals surface area contributed by atoms with Gasteiger partial charge in [0.1, 0.15) is 6.54 Å². The van der Waals surface area contributed by atoms with Gasteiger partial charge in [0.15, 0.2) is 0 Å². The third-order valence-corrected chi connectivity index (χ3v) is 8.59. The summed E-state index contributed by atoms with van der Waals surface area (Å²) in [6.45, 7) is 5.22. The van der Waals surface area contributed by atoms with Gasteiger partial charge < -0.3 is 5.32 Å². The van der Waals surface area contributed by atoms with Crippen molar-refractivity contribution in [3.8, 4) is 0 Å². The van der Waals surface area contributed by atoms with Crippen LogP contribution < -0.4 is 14.5 Å². The summed E-state index contributed by atoms with van der Waals surface area (Å²) in [5.41, 5.74) is 2.33. The zero-order valence-corrected chi connectivity index (χ0v) is 21.7. The lowest BCUT2D eigenvalue weighted by molar-refractivity contribution is -0.114. The van der Waals surface area contributed by atoms with Crippen LogP contribution in [0.4, 0.5) is 11.4 Å². The molecule has 182 valence electrons. The fraction of sp³-hybridized carbons (Fsp3) is 0.200. The lowest BCUT2D eigenvalue weighted by atomic mass is 10.2. The number of nitrogens with one attached hydrogen (secondary N) is 1. The van der Waals surface area contributed by atoms with Crippen molar-refractivity contribution in [3.63, 3.8) is 0 Å². The van der Waals surface area contributed by atoms with Crippen molar-refractivity contribution in [1.82, 2.24) is 4.57 Å². The molecule has 0 atom stereocenters. The van der Waals surface area contributed by atoms with Gasteiger partial charge in [0, 0.05) is 16.8 Å². The van der Waals surface area contributed by atoms with Crippen LogP contribution in [-0.2, 0) is 14.8 Å². The quantitative estimate of drug-likeness (QED) is 0.345. The molecule has 0 bridgehead atoms. The van der Waals surface area contributed by atoms with E-state index >= 15 is 0 Å². The molecule has 0 saturated carbocycles. The van der Waals surface area contributed by atoms with Gasteiger partial charge in [0.2, 0.25) is 5.91 Å². The number of nitrogens with zero attached hydrogens (tertiary/aromatic N) is 2. The minimum Gasteiger partial charge on any atom is -0.324 e. The molecule has 4 rings (SSSR count). The number of sulfonamides is 1. The van der Waals surface area contributed by atoms with Crippen LogP contribution in [0.1, 0.15) is 25.5 Å². The van der Waals surface area contributed by atoms with E-state index < -0.39 is 22.5 Å². The number of hydrogen-bond acceptors (Lipinski definition) is 5. The molecule has 4 aromatic rings. The van der Waals surface area contributed by atoms with Gasteiger partial charge in [-0.3, -0.25) is 18.5 Å². The van der Waals surface area contributed by atoms with E-state index in [9.17, 15) is 18.0 Å². The molecule has 1 N–H and O–H groups in total. The molecule has 35 heavy (non-hydrogen) atoms. The number of hydrogen-bond donors (Lipinski definition) is 1. The Morgan fingerprint density at radius 3 is 2.46 bits per heavy atom. The predicted molar refractivity (Wildman–Crippen MR) is 142 cm³/mol. The van der Waals surface area contributed by atoms with Gasteiger partial charge in [0.05, 0.1) is 20.8 Å². The largest absolute Gasteiger partial charge is 0.324 e. The summed E-state index contributed by atoms with van der Waals surface area (Å²) in [7, 11) is -4.05. The molecule has 10 heteroatoms. The van der Waals surface area contributed by atoms with Gasteiger partial charge in [0.25, 0.3) is 10.0 Å². The minimum absolute atomic E-state index is 0.00905. The highest BCUT2D eigenvalue weighted by molar-refractivity contribution is 7.92. The second-order valence-corrected chi connectivity index (χ2v) is 11.6. The maximum atomic E-state index is 13.5. The number of thiazole rings is 1. The second kappa shape index (κ2) is 9.85. The molecule has 1 heterocycles. The molecule has 1 amide bonds. The number of fused-ring (bicyclic) bond motifs is 1. The monoisotopic (exact) mass is 529 g/mol. The van der Waals surface area contributed by atoms with Gasteiger partial charge in [-0.1, -0.05) is 47.2 Å². The normalized spacial score (nSPS) is 11.7. The molecule has 0 fully saturated rings. The highest BCUT2D eigenvalue weighted by Crippen LogP contribution is 2.29. The number of halogens is 1. The molecule has 0 aliphatic heterocycles. The van der Waals surface area contributed by atoms with E-state index in [0.29, 0.717) is 10.7 Å². The van der Waals surface area contributed by atoms with Gasteiger partial charge in [-0.25, -0.2) is 8.42 Å². The van der Waals surface area contributed by atoms with Crippen molar-refractivity contribution in [2.45, 2.75) is 31.7 Å². The molecule has 0 aliphatic rings. The molecule has 3 aromatic carbocycles. The topological polar surface area (TPSA) is 88.5 Å². The second-order valence-electron chi connectivity index (χ2n) is 8.32. The number of anilines is 2. The fourth-order valence-corrected chi connectivity index (χ4v) is 6.37. The summed E-state index contributed by atoms with van der Waals surface area (Å²) in [5, 5.41) is 3.15. The molecule has 1 aromatic heterocycles. The number of carbonyl (C=O) groups excluding carboxylic acids is 1. The number of aromatic nitrogens is 1. The van der Waals surface area contributed by atoms with Gasteiger partial charge >= 0.3 is 4.87 Å². The minimum atomic E-state index is -4.05. The van der Waals surface area contributed by atoms with E-state index in [0.717, 1.165) is 31.4 Å². The summed E-state index contributed by atoms with van der Waals surface area (Å²) in [4.78, 5) is 25.3. The fourth-order valence-electron chi connectivity index (χ4n) is 3.71. The Hall–Kier alpha value is -3.14. The molecule has 0 spiro atoms. The number of benzene rings is 3. The van der Waals surface area contributed by atoms with Crippen LogP contribution in [0.25, 0.3) is 10.2 Å². The maximum absolute atomic E-state index is 13.5. The summed E-state index contributed by atoms with van der Waals surface area (Å²) in [6, 6.07) is 18.0. The van der Waals surface area contributed by atoms with Crippen molar-refractivity contribution in [1.29, 1.82) is 0 Å². The Labute approximate surface area is 212 Å². The zero-order chi connectivity index (χ0) is 25.3. The van der Waals surface area contributed by atoms with E-state index in [4.69, 9.17) is 11.6 Å². The average molecular weight is 530 g/mol. The van der Waals surface area contributed by atoms with Crippen LogP contribution in [-0.4, -0.2) is 25.4 Å². The third kappa shape index (κ3) is 5.12. The van der Waals surface area contributed by atoms with Crippen LogP contribution in [0.15, 0.2) is 76.4 Å². The molecule has 0 saturated heterocycles. The summed E-state index contributed by atoms with van der Waals surface area (Å²) < 4.78 is 30.4. The Kier molecular flexibility index (Phi) is 7.02. The van der Waals surface area contributed by atoms with Crippen LogP contribution in [0.2, 0.25) is 5.02 Å². The Morgan fingerprint density at radius 2 is 1.80 bits per heavy atom. The third-order valence-electron chi connectivity index (χ3n) is 5.48. The van der Waals surface area contributed by atoms with E-state index in [-0.39, 0.29) is 21.5 Å². The van der Waals surface area contributed by atoms with Crippen LogP contribution in [0, 0.1) is 6.92 Å². The highest BCUT2D eigenvalue weighted by Gasteiger charge is 2.27. The molecular formula is C25H24ClN3O4S2. The predicted octanol–water partition coefficient (Wildman–Crippen LogP) is 5.44. The van der Waals surface area contributed by atoms with E-state index in [1.807, 2.05) is 20.8 Å². The Morgan fingerprint density at radius 1 is 1.09 bits per heavy atom. The smallest absolute Gasteiger partial charge is 0.308 e. The summed E-state index contributed by atoms with van der Waals surface area (Å²) in [6.07, 6.45) is 0. The van der Waals surface area contributed by atoms with E-state index in [2.05, 4.69) is 5.32 Å². The van der Waals surface area contributed by atoms with Gasteiger partial charge in [-0.05, 0) is 68.8 Å². The molecule has 0 radical (unpaired) electrons. The lowest BCUT2D eigenvalue weighted by Crippen LogP contribution is -2.38. The van der Waals surface area contributed by atoms with Crippen LogP contribution >= 0.6 is 22.9 Å². The first kappa shape index (κ1) is 25.0. The molecule has 0 aliphatic carbocycles. The van der Waals surface area contributed by atoms with Crippen molar-refractivity contribution in [3.05, 3.63) is 87.0 Å². The van der Waals surface area contributed by atoms with Gasteiger partial charge in [-0.15, -0.1) is 0 Å². The summed E-state index contributed by atoms with van der Waals surface area (Å²) in [5.74, 6) is -0.531.